The molecular formula is C29H28O7. The lowest BCUT2D eigenvalue weighted by molar-refractivity contribution is -0.135. The number of hydrogen-bond acceptors (Lipinski definition) is 7. The molecule has 3 aromatic carbocycles. The molecule has 186 valence electrons. The predicted octanol–water partition coefficient (Wildman–Crippen LogP) is 4.83. The third-order valence-corrected chi connectivity index (χ3v) is 6.63. The van der Waals surface area contributed by atoms with Crippen LogP contribution in [0.4, 0.5) is 0 Å². The van der Waals surface area contributed by atoms with Crippen LogP contribution in [0.2, 0.25) is 0 Å². The first-order valence-electron chi connectivity index (χ1n) is 11.7. The van der Waals surface area contributed by atoms with Crippen molar-refractivity contribution in [2.24, 2.45) is 5.92 Å². The Kier molecular flexibility index (Phi) is 6.46. The van der Waals surface area contributed by atoms with Crippen molar-refractivity contribution in [1.82, 2.24) is 0 Å². The molecular weight excluding hydrogens is 460 g/mol. The maximum absolute atomic E-state index is 12.9. The van der Waals surface area contributed by atoms with Crippen LogP contribution in [0.5, 0.6) is 28.7 Å². The van der Waals surface area contributed by atoms with Gasteiger partial charge in [0.2, 0.25) is 5.75 Å². The Morgan fingerprint density at radius 1 is 0.833 bits per heavy atom. The second-order valence-electron chi connectivity index (χ2n) is 8.64. The van der Waals surface area contributed by atoms with Gasteiger partial charge in [0.05, 0.1) is 40.6 Å². The summed E-state index contributed by atoms with van der Waals surface area (Å²) in [6.45, 7) is 0.729. The molecule has 7 heteroatoms. The largest absolute Gasteiger partial charge is 0.493 e. The molecule has 0 saturated carbocycles. The third kappa shape index (κ3) is 4.11. The Morgan fingerprint density at radius 2 is 1.53 bits per heavy atom. The van der Waals surface area contributed by atoms with Crippen LogP contribution in [-0.4, -0.2) is 41.0 Å². The van der Waals surface area contributed by atoms with E-state index in [0.29, 0.717) is 54.0 Å². The molecule has 1 saturated heterocycles. The first-order chi connectivity index (χ1) is 17.6. The summed E-state index contributed by atoms with van der Waals surface area (Å²) in [5, 5.41) is 0. The number of fused-ring (bicyclic) bond motifs is 2. The van der Waals surface area contributed by atoms with Gasteiger partial charge in [0, 0.05) is 11.5 Å². The highest BCUT2D eigenvalue weighted by molar-refractivity contribution is 6.05. The van der Waals surface area contributed by atoms with Gasteiger partial charge in [-0.1, -0.05) is 30.3 Å². The number of benzene rings is 3. The Labute approximate surface area is 210 Å². The molecule has 1 fully saturated rings. The van der Waals surface area contributed by atoms with Gasteiger partial charge in [-0.3, -0.25) is 0 Å². The Morgan fingerprint density at radius 3 is 2.17 bits per heavy atom. The van der Waals surface area contributed by atoms with Gasteiger partial charge in [0.25, 0.3) is 0 Å². The van der Waals surface area contributed by atoms with Crippen LogP contribution in [0.1, 0.15) is 22.3 Å². The zero-order chi connectivity index (χ0) is 25.2. The number of methoxy groups -OCH3 is 4. The molecule has 0 spiro atoms. The molecule has 1 aliphatic carbocycles. The van der Waals surface area contributed by atoms with E-state index in [-0.39, 0.29) is 11.9 Å². The van der Waals surface area contributed by atoms with Crippen molar-refractivity contribution in [2.45, 2.75) is 13.0 Å². The smallest absolute Gasteiger partial charge is 0.335 e. The Balaban J connectivity index is 1.67. The van der Waals surface area contributed by atoms with E-state index in [4.69, 9.17) is 28.4 Å². The summed E-state index contributed by atoms with van der Waals surface area (Å²) in [6.07, 6.45) is 0.666. The van der Waals surface area contributed by atoms with Crippen molar-refractivity contribution >= 4 is 11.5 Å². The standard InChI is InChI=1S/C29H28O7/c1-31-22-11-18-10-20-16-36-29(30)27(20)26(19-12-24(32-2)28(34-4)25(13-19)33-3)21(18)14-23(22)35-15-17-8-6-5-7-9-17/h5-9,11-14,20H,10,15-16H2,1-4H3/t20-/m1/s1. The number of esters is 1. The minimum absolute atomic E-state index is 0.0557. The summed E-state index contributed by atoms with van der Waals surface area (Å²) in [5.74, 6) is 2.36. The van der Waals surface area contributed by atoms with Crippen LogP contribution < -0.4 is 23.7 Å². The minimum Gasteiger partial charge on any atom is -0.493 e. The molecule has 1 atom stereocenters. The highest BCUT2D eigenvalue weighted by atomic mass is 16.5. The minimum atomic E-state index is -0.308. The van der Waals surface area contributed by atoms with Crippen LogP contribution in [0, 0.1) is 5.92 Å². The predicted molar refractivity (Wildman–Crippen MR) is 134 cm³/mol. The number of cyclic esters (lactones) is 1. The summed E-state index contributed by atoms with van der Waals surface area (Å²) in [7, 11) is 6.33. The number of rotatable bonds is 8. The van der Waals surface area contributed by atoms with Crippen LogP contribution in [0.3, 0.4) is 0 Å². The lowest BCUT2D eigenvalue weighted by Gasteiger charge is -2.26. The van der Waals surface area contributed by atoms with Crippen LogP contribution >= 0.6 is 0 Å². The van der Waals surface area contributed by atoms with Gasteiger partial charge in [0.15, 0.2) is 23.0 Å². The first-order valence-corrected chi connectivity index (χ1v) is 11.7. The molecule has 3 aromatic rings. The van der Waals surface area contributed by atoms with E-state index in [2.05, 4.69) is 0 Å². The van der Waals surface area contributed by atoms with E-state index in [1.165, 1.54) is 0 Å². The summed E-state index contributed by atoms with van der Waals surface area (Å²) < 4.78 is 34.1. The fourth-order valence-corrected chi connectivity index (χ4v) is 4.93. The molecule has 1 heterocycles. The monoisotopic (exact) mass is 488 g/mol. The highest BCUT2D eigenvalue weighted by Crippen LogP contribution is 2.48. The normalized spacial score (nSPS) is 16.1. The van der Waals surface area contributed by atoms with Gasteiger partial charge in [-0.25, -0.2) is 4.79 Å². The molecule has 5 rings (SSSR count). The SMILES string of the molecule is COc1cc2c(cc1OCc1ccccc1)C(c1cc(OC)c(OC)c(OC)c1)=C1C(=O)OC[C@H]1C2. The average Bonchev–Trinajstić information content (AvgIpc) is 3.29. The van der Waals surface area contributed by atoms with Gasteiger partial charge < -0.3 is 28.4 Å². The van der Waals surface area contributed by atoms with Crippen molar-refractivity contribution < 1.29 is 33.2 Å². The first kappa shape index (κ1) is 23.6. The quantitative estimate of drug-likeness (QED) is 0.421. The molecule has 7 nitrogen and oxygen atoms in total. The van der Waals surface area contributed by atoms with Crippen molar-refractivity contribution in [2.75, 3.05) is 35.0 Å². The Bertz CT molecular complexity index is 1300. The van der Waals surface area contributed by atoms with Gasteiger partial charge in [-0.15, -0.1) is 0 Å². The molecule has 0 N–H and O–H groups in total. The fourth-order valence-electron chi connectivity index (χ4n) is 4.93. The second kappa shape index (κ2) is 9.85. The maximum atomic E-state index is 12.9. The number of ether oxygens (including phenoxy) is 6. The summed E-state index contributed by atoms with van der Waals surface area (Å²) >= 11 is 0. The van der Waals surface area contributed by atoms with E-state index in [9.17, 15) is 4.79 Å². The topological polar surface area (TPSA) is 72.5 Å². The molecule has 0 aromatic heterocycles. The maximum Gasteiger partial charge on any atom is 0.335 e. The Hall–Kier alpha value is -4.13. The summed E-state index contributed by atoms with van der Waals surface area (Å²) in [4.78, 5) is 12.9. The third-order valence-electron chi connectivity index (χ3n) is 6.63. The van der Waals surface area contributed by atoms with Crippen LogP contribution in [-0.2, 0) is 22.6 Å². The number of carbonyl (C=O) groups excluding carboxylic acids is 1. The molecule has 0 bridgehead atoms. The molecule has 0 radical (unpaired) electrons. The number of carbonyl (C=O) groups is 1. The molecule has 36 heavy (non-hydrogen) atoms. The van der Waals surface area contributed by atoms with E-state index < -0.39 is 0 Å². The molecule has 0 amide bonds. The lowest BCUT2D eigenvalue weighted by atomic mass is 9.77. The van der Waals surface area contributed by atoms with Crippen molar-refractivity contribution in [1.29, 1.82) is 0 Å². The molecule has 2 aliphatic rings. The van der Waals surface area contributed by atoms with Gasteiger partial charge in [0.1, 0.15) is 6.61 Å². The molecule has 0 unspecified atom stereocenters. The summed E-state index contributed by atoms with van der Waals surface area (Å²) in [6, 6.07) is 17.6. The number of hydrogen-bond donors (Lipinski definition) is 0. The van der Waals surface area contributed by atoms with Gasteiger partial charge in [-0.05, 0) is 52.9 Å². The summed E-state index contributed by atoms with van der Waals surface area (Å²) in [5.41, 5.74) is 5.17. The zero-order valence-electron chi connectivity index (χ0n) is 20.8. The molecule has 1 aliphatic heterocycles. The van der Waals surface area contributed by atoms with Crippen LogP contribution in [0.15, 0.2) is 60.2 Å². The highest BCUT2D eigenvalue weighted by Gasteiger charge is 2.39. The van der Waals surface area contributed by atoms with E-state index >= 15 is 0 Å². The van der Waals surface area contributed by atoms with Crippen molar-refractivity contribution in [3.05, 3.63) is 82.4 Å². The van der Waals surface area contributed by atoms with E-state index in [1.807, 2.05) is 54.6 Å². The van der Waals surface area contributed by atoms with Gasteiger partial charge in [-0.2, -0.15) is 0 Å². The zero-order valence-corrected chi connectivity index (χ0v) is 20.8. The van der Waals surface area contributed by atoms with Crippen LogP contribution in [0.25, 0.3) is 5.57 Å². The van der Waals surface area contributed by atoms with Crippen molar-refractivity contribution in [3.8, 4) is 28.7 Å². The van der Waals surface area contributed by atoms with E-state index in [0.717, 1.165) is 27.8 Å². The van der Waals surface area contributed by atoms with Gasteiger partial charge >= 0.3 is 5.97 Å². The van der Waals surface area contributed by atoms with E-state index in [1.54, 1.807) is 28.4 Å². The average molecular weight is 489 g/mol. The fraction of sp³-hybridized carbons (Fsp3) is 0.276. The van der Waals surface area contributed by atoms with Crippen molar-refractivity contribution in [3.63, 3.8) is 0 Å². The second-order valence-corrected chi connectivity index (χ2v) is 8.64. The lowest BCUT2D eigenvalue weighted by Crippen LogP contribution is -2.18.